The first-order chi connectivity index (χ1) is 14.8. The Balaban J connectivity index is 3.09. The predicted molar refractivity (Wildman–Crippen MR) is 92.7 cm³/mol. The van der Waals surface area contributed by atoms with Crippen LogP contribution in [0.3, 0.4) is 0 Å². The van der Waals surface area contributed by atoms with E-state index in [0.717, 1.165) is 11.1 Å². The number of amides is 1. The van der Waals surface area contributed by atoms with E-state index in [0.29, 0.717) is 19.3 Å². The summed E-state index contributed by atoms with van der Waals surface area (Å²) in [5.74, 6) is -16.8. The van der Waals surface area contributed by atoms with Crippen molar-refractivity contribution < 1.29 is 57.8 Å². The first kappa shape index (κ1) is 28.4. The number of nitrogens with one attached hydrogen (secondary N) is 1. The van der Waals surface area contributed by atoms with Crippen LogP contribution in [0.5, 0.6) is 0 Å². The Morgan fingerprint density at radius 2 is 1.39 bits per heavy atom. The lowest BCUT2D eigenvalue weighted by Crippen LogP contribution is -2.63. The van der Waals surface area contributed by atoms with E-state index < -0.39 is 36.1 Å². The maximum absolute atomic E-state index is 14.0. The fourth-order valence-corrected chi connectivity index (χ4v) is 2.24. The Hall–Kier alpha value is -2.65. The van der Waals surface area contributed by atoms with Crippen LogP contribution in [0.2, 0.25) is 0 Å². The lowest BCUT2D eigenvalue weighted by molar-refractivity contribution is -0.472. The molecule has 1 aromatic carbocycles. The fraction of sp³-hybridized carbons (Fsp3) is 0.529. The van der Waals surface area contributed by atoms with Gasteiger partial charge in [-0.25, -0.2) is 5.43 Å². The number of anilines is 1. The molecule has 16 heteroatoms. The molecule has 1 amide bonds. The molecule has 0 aromatic heterocycles. The van der Waals surface area contributed by atoms with Crippen molar-refractivity contribution in [2.24, 2.45) is 5.10 Å². The zero-order valence-corrected chi connectivity index (χ0v) is 16.7. The van der Waals surface area contributed by atoms with Crippen LogP contribution in [0, 0.1) is 0 Å². The van der Waals surface area contributed by atoms with E-state index in [-0.39, 0.29) is 5.56 Å². The minimum absolute atomic E-state index is 0.109. The zero-order chi connectivity index (χ0) is 25.9. The highest BCUT2D eigenvalue weighted by atomic mass is 19.4. The Bertz CT molecular complexity index is 834. The van der Waals surface area contributed by atoms with Crippen LogP contribution in [-0.4, -0.2) is 55.4 Å². The molecule has 33 heavy (non-hydrogen) atoms. The fourth-order valence-electron chi connectivity index (χ4n) is 2.24. The van der Waals surface area contributed by atoms with E-state index in [1.165, 1.54) is 24.3 Å². The molecule has 0 bridgehead atoms. The van der Waals surface area contributed by atoms with Gasteiger partial charge < -0.3 is 4.90 Å². The van der Waals surface area contributed by atoms with Crippen molar-refractivity contribution in [3.63, 3.8) is 0 Å². The topological polar surface area (TPSA) is 53.9 Å². The summed E-state index contributed by atoms with van der Waals surface area (Å²) in [5, 5.41) is 2.86. The van der Waals surface area contributed by atoms with Gasteiger partial charge in [0.1, 0.15) is 0 Å². The lowest BCUT2D eigenvalue weighted by Gasteiger charge is -2.33. The molecule has 1 atom stereocenters. The monoisotopic (exact) mass is 503 g/mol. The SMILES string of the molecule is CCN(CC)c1ccc(/C=N\NC(=O)C(F)(OC(F)(F)C(F)(F)C(F)(F)F)C(F)(F)F)cc1. The molecule has 0 spiro atoms. The summed E-state index contributed by atoms with van der Waals surface area (Å²) in [7, 11) is 0. The molecular formula is C17H16F11N3O2. The molecule has 0 aliphatic heterocycles. The van der Waals surface area contributed by atoms with E-state index in [2.05, 4.69) is 9.84 Å². The molecule has 0 heterocycles. The summed E-state index contributed by atoms with van der Waals surface area (Å²) in [6.45, 7) is 4.98. The van der Waals surface area contributed by atoms with E-state index in [4.69, 9.17) is 0 Å². The normalized spacial score (nSPS) is 15.4. The van der Waals surface area contributed by atoms with Gasteiger partial charge in [-0.2, -0.15) is 53.4 Å². The van der Waals surface area contributed by atoms with Crippen LogP contribution in [-0.2, 0) is 9.53 Å². The second-order valence-corrected chi connectivity index (χ2v) is 6.25. The first-order valence-corrected chi connectivity index (χ1v) is 8.80. The Labute approximate surface area is 179 Å². The minimum atomic E-state index is -7.27. The van der Waals surface area contributed by atoms with Crippen molar-refractivity contribution in [2.75, 3.05) is 18.0 Å². The number of ether oxygens (including phenoxy) is 1. The van der Waals surface area contributed by atoms with Gasteiger partial charge in [0, 0.05) is 18.8 Å². The summed E-state index contributed by atoms with van der Waals surface area (Å²) >= 11 is 0. The largest absolute Gasteiger partial charge is 0.462 e. The summed E-state index contributed by atoms with van der Waals surface area (Å²) < 4.78 is 143. The third kappa shape index (κ3) is 6.03. The standard InChI is InChI=1S/C17H16F11N3O2/c1-3-31(4-2)11-7-5-10(6-8-11)9-29-30-12(32)13(18,15(21,22)23)33-17(27,28)14(19,20)16(24,25)26/h5-9H,3-4H2,1-2H3,(H,30,32)/b29-9-. The Kier molecular flexibility index (Phi) is 8.33. The van der Waals surface area contributed by atoms with E-state index in [9.17, 15) is 53.1 Å². The van der Waals surface area contributed by atoms with Gasteiger partial charge in [-0.15, -0.1) is 0 Å². The molecule has 0 aliphatic carbocycles. The van der Waals surface area contributed by atoms with Gasteiger partial charge in [-0.05, 0) is 31.5 Å². The number of benzene rings is 1. The number of alkyl halides is 11. The van der Waals surface area contributed by atoms with Crippen molar-refractivity contribution >= 4 is 17.8 Å². The highest BCUT2D eigenvalue weighted by Gasteiger charge is 2.79. The smallest absolute Gasteiger partial charge is 0.372 e. The van der Waals surface area contributed by atoms with Crippen molar-refractivity contribution in [2.45, 2.75) is 44.1 Å². The van der Waals surface area contributed by atoms with Crippen LogP contribution in [0.1, 0.15) is 19.4 Å². The molecule has 1 rings (SSSR count). The number of nitrogens with zero attached hydrogens (tertiary/aromatic N) is 2. The van der Waals surface area contributed by atoms with Crippen molar-refractivity contribution in [1.29, 1.82) is 0 Å². The van der Waals surface area contributed by atoms with Crippen molar-refractivity contribution in [1.82, 2.24) is 5.43 Å². The van der Waals surface area contributed by atoms with Gasteiger partial charge in [0.15, 0.2) is 0 Å². The summed E-state index contributed by atoms with van der Waals surface area (Å²) in [6, 6.07) is 5.77. The van der Waals surface area contributed by atoms with Crippen LogP contribution >= 0.6 is 0 Å². The number of halogens is 11. The molecule has 5 nitrogen and oxygen atoms in total. The quantitative estimate of drug-likeness (QED) is 0.293. The van der Waals surface area contributed by atoms with E-state index in [1.54, 1.807) is 0 Å². The average Bonchev–Trinajstić information content (AvgIpc) is 2.67. The average molecular weight is 503 g/mol. The molecule has 0 saturated heterocycles. The summed E-state index contributed by atoms with van der Waals surface area (Å²) in [6.07, 6.45) is -20.4. The Morgan fingerprint density at radius 1 is 0.909 bits per heavy atom. The third-order valence-electron chi connectivity index (χ3n) is 4.05. The second kappa shape index (κ2) is 9.69. The first-order valence-electron chi connectivity index (χ1n) is 8.80. The maximum atomic E-state index is 14.0. The highest BCUT2D eigenvalue weighted by molar-refractivity contribution is 5.87. The highest BCUT2D eigenvalue weighted by Crippen LogP contribution is 2.50. The Morgan fingerprint density at radius 3 is 1.79 bits per heavy atom. The molecule has 188 valence electrons. The number of carbonyl (C=O) groups excluding carboxylic acids is 1. The number of carbonyl (C=O) groups is 1. The van der Waals surface area contributed by atoms with Crippen LogP contribution in [0.4, 0.5) is 54.0 Å². The number of hydrogen-bond acceptors (Lipinski definition) is 4. The van der Waals surface area contributed by atoms with Crippen LogP contribution < -0.4 is 10.3 Å². The van der Waals surface area contributed by atoms with Gasteiger partial charge >= 0.3 is 36.1 Å². The van der Waals surface area contributed by atoms with E-state index in [1.807, 2.05) is 18.7 Å². The number of hydrogen-bond donors (Lipinski definition) is 1. The van der Waals surface area contributed by atoms with E-state index >= 15 is 0 Å². The molecule has 0 aliphatic rings. The van der Waals surface area contributed by atoms with Crippen molar-refractivity contribution in [3.05, 3.63) is 29.8 Å². The van der Waals surface area contributed by atoms with Gasteiger partial charge in [-0.1, -0.05) is 12.1 Å². The number of hydrazone groups is 1. The van der Waals surface area contributed by atoms with Crippen molar-refractivity contribution in [3.8, 4) is 0 Å². The van der Waals surface area contributed by atoms with Gasteiger partial charge in [0.25, 0.3) is 0 Å². The molecule has 1 N–H and O–H groups in total. The van der Waals surface area contributed by atoms with Crippen LogP contribution in [0.15, 0.2) is 29.4 Å². The molecule has 0 saturated carbocycles. The maximum Gasteiger partial charge on any atom is 0.462 e. The van der Waals surface area contributed by atoms with Gasteiger partial charge in [0.05, 0.1) is 6.21 Å². The molecule has 0 fully saturated rings. The molecule has 0 radical (unpaired) electrons. The molecule has 1 unspecified atom stereocenters. The predicted octanol–water partition coefficient (Wildman–Crippen LogP) is 5.02. The molecule has 1 aromatic rings. The third-order valence-corrected chi connectivity index (χ3v) is 4.05. The zero-order valence-electron chi connectivity index (χ0n) is 16.7. The second-order valence-electron chi connectivity index (χ2n) is 6.25. The summed E-state index contributed by atoms with van der Waals surface area (Å²) in [5.41, 5.74) is 1.62. The summed E-state index contributed by atoms with van der Waals surface area (Å²) in [4.78, 5) is 13.4. The number of rotatable bonds is 9. The van der Waals surface area contributed by atoms with Gasteiger partial charge in [-0.3, -0.25) is 9.53 Å². The molecular weight excluding hydrogens is 487 g/mol. The van der Waals surface area contributed by atoms with Gasteiger partial charge in [0.2, 0.25) is 0 Å². The van der Waals surface area contributed by atoms with Crippen LogP contribution in [0.25, 0.3) is 0 Å². The minimum Gasteiger partial charge on any atom is -0.372 e. The lowest BCUT2D eigenvalue weighted by atomic mass is 10.2.